The van der Waals surface area contributed by atoms with E-state index in [1.165, 1.54) is 6.20 Å². The van der Waals surface area contributed by atoms with E-state index in [9.17, 15) is 9.59 Å². The van der Waals surface area contributed by atoms with Gasteiger partial charge in [0.05, 0.1) is 12.0 Å². The van der Waals surface area contributed by atoms with Gasteiger partial charge in [-0.05, 0) is 29.8 Å². The summed E-state index contributed by atoms with van der Waals surface area (Å²) >= 11 is 3.37. The molecule has 2 rings (SSSR count). The average Bonchev–Trinajstić information content (AvgIpc) is 2.52. The van der Waals surface area contributed by atoms with Crippen molar-refractivity contribution in [3.05, 3.63) is 64.4 Å². The van der Waals surface area contributed by atoms with Crippen molar-refractivity contribution in [3.63, 3.8) is 0 Å². The molecule has 0 aliphatic carbocycles. The van der Waals surface area contributed by atoms with E-state index in [0.717, 1.165) is 10.0 Å². The number of hydrogen-bond acceptors (Lipinski definition) is 3. The lowest BCUT2D eigenvalue weighted by molar-refractivity contribution is -0.120. The third kappa shape index (κ3) is 5.29. The highest BCUT2D eigenvalue weighted by Gasteiger charge is 2.05. The molecule has 2 aromatic rings. The number of halogens is 1. The number of rotatable bonds is 6. The standard InChI is InChI=1S/C16H16BrN3O2/c17-14-5-1-3-12(9-14)10-15(21)19-7-8-20-16(22)13-4-2-6-18-11-13/h1-6,9,11H,7-8,10H2,(H,19,21)(H,20,22). The fourth-order valence-corrected chi connectivity index (χ4v) is 2.32. The molecule has 2 amide bonds. The van der Waals surface area contributed by atoms with Crippen molar-refractivity contribution in [2.45, 2.75) is 6.42 Å². The van der Waals surface area contributed by atoms with E-state index in [0.29, 0.717) is 25.1 Å². The van der Waals surface area contributed by atoms with Crippen molar-refractivity contribution < 1.29 is 9.59 Å². The van der Waals surface area contributed by atoms with Crippen LogP contribution in [0.15, 0.2) is 53.3 Å². The Balaban J connectivity index is 1.68. The van der Waals surface area contributed by atoms with Gasteiger partial charge in [-0.2, -0.15) is 0 Å². The zero-order valence-corrected chi connectivity index (χ0v) is 13.5. The molecule has 0 fully saturated rings. The summed E-state index contributed by atoms with van der Waals surface area (Å²) in [5, 5.41) is 5.50. The van der Waals surface area contributed by atoms with Crippen molar-refractivity contribution >= 4 is 27.7 Å². The lowest BCUT2D eigenvalue weighted by Crippen LogP contribution is -2.35. The predicted molar refractivity (Wildman–Crippen MR) is 87.4 cm³/mol. The van der Waals surface area contributed by atoms with Gasteiger partial charge in [0, 0.05) is 30.0 Å². The number of carbonyl (C=O) groups is 2. The van der Waals surface area contributed by atoms with Crippen LogP contribution in [0.3, 0.4) is 0 Å². The summed E-state index contributed by atoms with van der Waals surface area (Å²) in [4.78, 5) is 27.4. The Bertz CT molecular complexity index is 647. The Kier molecular flexibility index (Phi) is 6.09. The highest BCUT2D eigenvalue weighted by molar-refractivity contribution is 9.10. The molecule has 0 spiro atoms. The first-order valence-electron chi connectivity index (χ1n) is 6.84. The van der Waals surface area contributed by atoms with Crippen LogP contribution in [0.2, 0.25) is 0 Å². The zero-order chi connectivity index (χ0) is 15.8. The molecule has 0 radical (unpaired) electrons. The topological polar surface area (TPSA) is 71.1 Å². The van der Waals surface area contributed by atoms with Crippen LogP contribution in [0.25, 0.3) is 0 Å². The van der Waals surface area contributed by atoms with Gasteiger partial charge in [0.25, 0.3) is 5.91 Å². The average molecular weight is 362 g/mol. The number of aromatic nitrogens is 1. The maximum absolute atomic E-state index is 11.8. The minimum absolute atomic E-state index is 0.0753. The molecule has 0 saturated carbocycles. The molecule has 0 aliphatic heterocycles. The molecule has 0 unspecified atom stereocenters. The van der Waals surface area contributed by atoms with Gasteiger partial charge in [0.2, 0.25) is 5.91 Å². The number of hydrogen-bond donors (Lipinski definition) is 2. The normalized spacial score (nSPS) is 10.0. The van der Waals surface area contributed by atoms with E-state index in [2.05, 4.69) is 31.5 Å². The quantitative estimate of drug-likeness (QED) is 0.772. The summed E-state index contributed by atoms with van der Waals surface area (Å²) in [6.07, 6.45) is 3.43. The van der Waals surface area contributed by atoms with Crippen molar-refractivity contribution in [1.82, 2.24) is 15.6 Å². The fraction of sp³-hybridized carbons (Fsp3) is 0.188. The Morgan fingerprint density at radius 3 is 2.64 bits per heavy atom. The van der Waals surface area contributed by atoms with E-state index in [1.54, 1.807) is 18.3 Å². The molecule has 2 N–H and O–H groups in total. The van der Waals surface area contributed by atoms with Crippen LogP contribution in [-0.2, 0) is 11.2 Å². The van der Waals surface area contributed by atoms with Gasteiger partial charge in [-0.15, -0.1) is 0 Å². The molecule has 6 heteroatoms. The fourth-order valence-electron chi connectivity index (χ4n) is 1.87. The number of nitrogens with zero attached hydrogens (tertiary/aromatic N) is 1. The van der Waals surface area contributed by atoms with Gasteiger partial charge in [0.1, 0.15) is 0 Å². The Morgan fingerprint density at radius 2 is 1.91 bits per heavy atom. The highest BCUT2D eigenvalue weighted by atomic mass is 79.9. The molecule has 5 nitrogen and oxygen atoms in total. The minimum Gasteiger partial charge on any atom is -0.354 e. The molecule has 0 aliphatic rings. The van der Waals surface area contributed by atoms with Crippen molar-refractivity contribution in [2.24, 2.45) is 0 Å². The first kappa shape index (κ1) is 16.2. The first-order chi connectivity index (χ1) is 10.6. The second-order valence-electron chi connectivity index (χ2n) is 4.65. The van der Waals surface area contributed by atoms with Crippen LogP contribution < -0.4 is 10.6 Å². The highest BCUT2D eigenvalue weighted by Crippen LogP contribution is 2.11. The second-order valence-corrected chi connectivity index (χ2v) is 5.57. The van der Waals surface area contributed by atoms with Gasteiger partial charge < -0.3 is 10.6 Å². The summed E-state index contributed by atoms with van der Waals surface area (Å²) in [6, 6.07) is 11.0. The number of nitrogens with one attached hydrogen (secondary N) is 2. The lowest BCUT2D eigenvalue weighted by atomic mass is 10.1. The third-order valence-electron chi connectivity index (χ3n) is 2.91. The molecule has 1 heterocycles. The van der Waals surface area contributed by atoms with Crippen LogP contribution in [0.1, 0.15) is 15.9 Å². The van der Waals surface area contributed by atoms with E-state index in [-0.39, 0.29) is 11.8 Å². The van der Waals surface area contributed by atoms with Crippen LogP contribution in [0.4, 0.5) is 0 Å². The van der Waals surface area contributed by atoms with Crippen molar-refractivity contribution in [2.75, 3.05) is 13.1 Å². The van der Waals surface area contributed by atoms with Gasteiger partial charge in [-0.3, -0.25) is 14.6 Å². The van der Waals surface area contributed by atoms with E-state index < -0.39 is 0 Å². The van der Waals surface area contributed by atoms with Gasteiger partial charge in [-0.25, -0.2) is 0 Å². The summed E-state index contributed by atoms with van der Waals surface area (Å²) in [5.41, 5.74) is 1.44. The SMILES string of the molecule is O=C(Cc1cccc(Br)c1)NCCNC(=O)c1cccnc1. The minimum atomic E-state index is -0.200. The lowest BCUT2D eigenvalue weighted by Gasteiger charge is -2.07. The second kappa shape index (κ2) is 8.29. The smallest absolute Gasteiger partial charge is 0.252 e. The van der Waals surface area contributed by atoms with E-state index in [1.807, 2.05) is 24.3 Å². The molecule has 114 valence electrons. The van der Waals surface area contributed by atoms with Gasteiger partial charge in [-0.1, -0.05) is 28.1 Å². The van der Waals surface area contributed by atoms with Crippen LogP contribution >= 0.6 is 15.9 Å². The molecule has 22 heavy (non-hydrogen) atoms. The van der Waals surface area contributed by atoms with Crippen LogP contribution in [0.5, 0.6) is 0 Å². The Labute approximate surface area is 137 Å². The molecule has 0 atom stereocenters. The summed E-state index contributed by atoms with van der Waals surface area (Å²) in [6.45, 7) is 0.761. The number of amides is 2. The predicted octanol–water partition coefficient (Wildman–Crippen LogP) is 1.93. The summed E-state index contributed by atoms with van der Waals surface area (Å²) in [7, 11) is 0. The molecule has 0 saturated heterocycles. The largest absolute Gasteiger partial charge is 0.354 e. The van der Waals surface area contributed by atoms with E-state index in [4.69, 9.17) is 0 Å². The maximum atomic E-state index is 11.8. The third-order valence-corrected chi connectivity index (χ3v) is 3.40. The van der Waals surface area contributed by atoms with Gasteiger partial charge >= 0.3 is 0 Å². The molecule has 1 aromatic heterocycles. The van der Waals surface area contributed by atoms with E-state index >= 15 is 0 Å². The number of benzene rings is 1. The van der Waals surface area contributed by atoms with Crippen molar-refractivity contribution in [3.8, 4) is 0 Å². The number of carbonyl (C=O) groups excluding carboxylic acids is 2. The number of pyridine rings is 1. The summed E-state index contributed by atoms with van der Waals surface area (Å²) < 4.78 is 0.946. The first-order valence-corrected chi connectivity index (χ1v) is 7.64. The van der Waals surface area contributed by atoms with Gasteiger partial charge in [0.15, 0.2) is 0 Å². The molecule has 1 aromatic carbocycles. The zero-order valence-electron chi connectivity index (χ0n) is 11.9. The maximum Gasteiger partial charge on any atom is 0.252 e. The molecule has 0 bridgehead atoms. The van der Waals surface area contributed by atoms with Crippen LogP contribution in [0, 0.1) is 0 Å². The van der Waals surface area contributed by atoms with Crippen LogP contribution in [-0.4, -0.2) is 29.9 Å². The van der Waals surface area contributed by atoms with Crippen molar-refractivity contribution in [1.29, 1.82) is 0 Å². The summed E-state index contributed by atoms with van der Waals surface area (Å²) in [5.74, 6) is -0.275. The Morgan fingerprint density at radius 1 is 1.09 bits per heavy atom. The molecular formula is C16H16BrN3O2. The monoisotopic (exact) mass is 361 g/mol. The molecular weight excluding hydrogens is 346 g/mol. The Hall–Kier alpha value is -2.21.